The number of piperidine rings is 1. The van der Waals surface area contributed by atoms with Crippen molar-refractivity contribution < 1.29 is 27.8 Å². The average molecular weight is 429 g/mol. The number of halogens is 2. The number of fused-ring (bicyclic) bond motifs is 2. The van der Waals surface area contributed by atoms with Crippen LogP contribution in [0.2, 0.25) is 0 Å². The lowest BCUT2D eigenvalue weighted by atomic mass is 9.81. The second-order valence-corrected chi connectivity index (χ2v) is 8.27. The zero-order valence-corrected chi connectivity index (χ0v) is 17.4. The minimum Gasteiger partial charge on any atom is -0.445 e. The van der Waals surface area contributed by atoms with Gasteiger partial charge in [-0.1, -0.05) is 42.5 Å². The Labute approximate surface area is 179 Å². The Bertz CT molecular complexity index is 952. The molecule has 0 aliphatic carbocycles. The maximum absolute atomic E-state index is 14.2. The molecule has 164 valence electrons. The number of nitrogens with zero attached hydrogens (tertiary/aromatic N) is 1. The highest BCUT2D eigenvalue weighted by Gasteiger charge is 2.44. The molecule has 2 bridgehead atoms. The van der Waals surface area contributed by atoms with Crippen LogP contribution in [-0.4, -0.2) is 42.1 Å². The van der Waals surface area contributed by atoms with Gasteiger partial charge in [0.25, 0.3) is 0 Å². The van der Waals surface area contributed by atoms with Crippen molar-refractivity contribution in [3.05, 3.63) is 70.8 Å². The summed E-state index contributed by atoms with van der Waals surface area (Å²) >= 11 is 0. The number of hydrogen-bond acceptors (Lipinski definition) is 4. The Morgan fingerprint density at radius 2 is 1.71 bits per heavy atom. The average Bonchev–Trinajstić information content (AvgIpc) is 2.77. The predicted molar refractivity (Wildman–Crippen MR) is 109 cm³/mol. The topological polar surface area (TPSA) is 55.8 Å². The highest BCUT2D eigenvalue weighted by atomic mass is 19.2. The van der Waals surface area contributed by atoms with E-state index in [0.29, 0.717) is 26.1 Å². The van der Waals surface area contributed by atoms with Gasteiger partial charge in [0.15, 0.2) is 11.6 Å². The summed E-state index contributed by atoms with van der Waals surface area (Å²) in [5.41, 5.74) is 1.18. The number of amides is 1. The van der Waals surface area contributed by atoms with Crippen LogP contribution < -0.4 is 0 Å². The first-order valence-electron chi connectivity index (χ1n) is 10.5. The summed E-state index contributed by atoms with van der Waals surface area (Å²) in [4.78, 5) is 27.3. The Morgan fingerprint density at radius 3 is 2.39 bits per heavy atom. The van der Waals surface area contributed by atoms with Gasteiger partial charge in [-0.3, -0.25) is 9.69 Å². The van der Waals surface area contributed by atoms with Crippen LogP contribution in [-0.2, 0) is 27.3 Å². The van der Waals surface area contributed by atoms with E-state index in [2.05, 4.69) is 0 Å². The number of Topliss-reactive ketones (excluding diaryl/α,β-unsaturated/α-hetero) is 1. The number of ketones is 1. The first-order chi connectivity index (χ1) is 14.9. The number of carbonyl (C=O) groups excluding carboxylic acids is 2. The number of morpholine rings is 1. The van der Waals surface area contributed by atoms with Crippen LogP contribution in [0.5, 0.6) is 0 Å². The molecule has 0 N–H and O–H groups in total. The molecule has 0 radical (unpaired) electrons. The number of benzene rings is 2. The minimum absolute atomic E-state index is 0.0687. The van der Waals surface area contributed by atoms with Crippen LogP contribution in [0.3, 0.4) is 0 Å². The second-order valence-electron chi connectivity index (χ2n) is 8.27. The van der Waals surface area contributed by atoms with Gasteiger partial charge >= 0.3 is 6.09 Å². The van der Waals surface area contributed by atoms with Crippen LogP contribution >= 0.6 is 0 Å². The van der Waals surface area contributed by atoms with Crippen molar-refractivity contribution in [3.8, 4) is 0 Å². The van der Waals surface area contributed by atoms with Crippen LogP contribution in [0.1, 0.15) is 29.5 Å². The lowest BCUT2D eigenvalue weighted by molar-refractivity contribution is -0.130. The summed E-state index contributed by atoms with van der Waals surface area (Å²) in [6.45, 7) is 2.32. The van der Waals surface area contributed by atoms with E-state index in [-0.39, 0.29) is 47.9 Å². The molecule has 2 saturated heterocycles. The van der Waals surface area contributed by atoms with Gasteiger partial charge < -0.3 is 9.47 Å². The summed E-state index contributed by atoms with van der Waals surface area (Å²) < 4.78 is 39.1. The summed E-state index contributed by atoms with van der Waals surface area (Å²) in [7, 11) is 0. The van der Waals surface area contributed by atoms with Crippen molar-refractivity contribution in [3.63, 3.8) is 0 Å². The molecule has 2 aromatic rings. The molecule has 0 aromatic heterocycles. The third-order valence-electron chi connectivity index (χ3n) is 6.11. The number of hydrogen-bond donors (Lipinski definition) is 0. The standard InChI is InChI=1S/C24H25F2NO4/c1-15-7-8-17(23(26)22(15)25)11-21(28)18-9-19-13-30-14-20(10-18)27(19)24(29)31-12-16-5-3-2-4-6-16/h2-8,18-20H,9-14H2,1H3. The SMILES string of the molecule is Cc1ccc(CC(=O)C2CC3COCC(C2)N3C(=O)OCc2ccccc2)c(F)c1F. The largest absolute Gasteiger partial charge is 0.445 e. The lowest BCUT2D eigenvalue weighted by Crippen LogP contribution is -2.60. The highest BCUT2D eigenvalue weighted by molar-refractivity contribution is 5.84. The monoisotopic (exact) mass is 429 g/mol. The lowest BCUT2D eigenvalue weighted by Gasteiger charge is -2.47. The molecule has 5 nitrogen and oxygen atoms in total. The number of rotatable bonds is 5. The Hall–Kier alpha value is -2.80. The maximum atomic E-state index is 14.2. The van der Waals surface area contributed by atoms with Crippen molar-refractivity contribution in [2.75, 3.05) is 13.2 Å². The van der Waals surface area contributed by atoms with E-state index in [1.807, 2.05) is 30.3 Å². The van der Waals surface area contributed by atoms with E-state index in [9.17, 15) is 18.4 Å². The summed E-state index contributed by atoms with van der Waals surface area (Å²) in [6.07, 6.45) is 0.267. The highest BCUT2D eigenvalue weighted by Crippen LogP contribution is 2.33. The van der Waals surface area contributed by atoms with Gasteiger partial charge in [-0.25, -0.2) is 13.6 Å². The fourth-order valence-electron chi connectivity index (χ4n) is 4.42. The quantitative estimate of drug-likeness (QED) is 0.715. The van der Waals surface area contributed by atoms with E-state index in [1.165, 1.54) is 19.1 Å². The predicted octanol–water partition coefficient (Wildman–Crippen LogP) is 4.20. The second kappa shape index (κ2) is 9.14. The van der Waals surface area contributed by atoms with E-state index < -0.39 is 17.7 Å². The third-order valence-corrected chi connectivity index (χ3v) is 6.11. The molecule has 2 aliphatic heterocycles. The van der Waals surface area contributed by atoms with Crippen LogP contribution in [0.4, 0.5) is 13.6 Å². The molecule has 2 aliphatic rings. The van der Waals surface area contributed by atoms with Crippen molar-refractivity contribution in [1.82, 2.24) is 4.90 Å². The molecule has 1 amide bonds. The molecule has 4 rings (SSSR count). The molecule has 2 unspecified atom stereocenters. The normalized spacial score (nSPS) is 22.8. The molecule has 2 atom stereocenters. The first-order valence-corrected chi connectivity index (χ1v) is 10.5. The van der Waals surface area contributed by atoms with Gasteiger partial charge in [-0.05, 0) is 36.5 Å². The van der Waals surface area contributed by atoms with Gasteiger partial charge in [-0.2, -0.15) is 0 Å². The van der Waals surface area contributed by atoms with Crippen LogP contribution in [0.25, 0.3) is 0 Å². The molecule has 2 aromatic carbocycles. The Kier molecular flexibility index (Phi) is 6.32. The van der Waals surface area contributed by atoms with Crippen molar-refractivity contribution in [1.29, 1.82) is 0 Å². The van der Waals surface area contributed by atoms with Crippen LogP contribution in [0.15, 0.2) is 42.5 Å². The van der Waals surface area contributed by atoms with E-state index >= 15 is 0 Å². The van der Waals surface area contributed by atoms with Gasteiger partial charge in [0.05, 0.1) is 25.3 Å². The van der Waals surface area contributed by atoms with Gasteiger partial charge in [-0.15, -0.1) is 0 Å². The molecule has 31 heavy (non-hydrogen) atoms. The third kappa shape index (κ3) is 4.61. The zero-order chi connectivity index (χ0) is 22.0. The maximum Gasteiger partial charge on any atom is 0.410 e. The molecule has 7 heteroatoms. The van der Waals surface area contributed by atoms with Gasteiger partial charge in [0, 0.05) is 12.3 Å². The summed E-state index contributed by atoms with van der Waals surface area (Å²) in [6, 6.07) is 11.8. The number of carbonyl (C=O) groups is 2. The molecule has 2 fully saturated rings. The molecule has 0 spiro atoms. The van der Waals surface area contributed by atoms with Crippen LogP contribution in [0, 0.1) is 24.5 Å². The van der Waals surface area contributed by atoms with Crippen molar-refractivity contribution >= 4 is 11.9 Å². The minimum atomic E-state index is -0.959. The first kappa shape index (κ1) is 21.4. The fraction of sp³-hybridized carbons (Fsp3) is 0.417. The van der Waals surface area contributed by atoms with E-state index in [4.69, 9.17) is 9.47 Å². The smallest absolute Gasteiger partial charge is 0.410 e. The Morgan fingerprint density at radius 1 is 1.03 bits per heavy atom. The van der Waals surface area contributed by atoms with Gasteiger partial charge in [0.1, 0.15) is 12.4 Å². The molecular weight excluding hydrogens is 404 g/mol. The van der Waals surface area contributed by atoms with Crippen molar-refractivity contribution in [2.24, 2.45) is 5.92 Å². The molecule has 2 heterocycles. The molecular formula is C24H25F2NO4. The fourth-order valence-corrected chi connectivity index (χ4v) is 4.42. The van der Waals surface area contributed by atoms with E-state index in [0.717, 1.165) is 5.56 Å². The summed E-state index contributed by atoms with van der Waals surface area (Å²) in [5, 5.41) is 0. The van der Waals surface area contributed by atoms with Crippen molar-refractivity contribution in [2.45, 2.75) is 44.9 Å². The Balaban J connectivity index is 1.40. The number of aryl methyl sites for hydroxylation is 1. The van der Waals surface area contributed by atoms with E-state index in [1.54, 1.807) is 4.90 Å². The summed E-state index contributed by atoms with van der Waals surface area (Å²) in [5.74, 6) is -2.34. The zero-order valence-electron chi connectivity index (χ0n) is 17.4. The number of ether oxygens (including phenoxy) is 2. The molecule has 0 saturated carbocycles. The van der Waals surface area contributed by atoms with Gasteiger partial charge in [0.2, 0.25) is 0 Å².